The van der Waals surface area contributed by atoms with Crippen LogP contribution in [0.4, 0.5) is 0 Å². The van der Waals surface area contributed by atoms with Crippen LogP contribution in [0.3, 0.4) is 0 Å². The van der Waals surface area contributed by atoms with Crippen molar-refractivity contribution in [3.05, 3.63) is 34.1 Å². The fourth-order valence-electron chi connectivity index (χ4n) is 1.86. The summed E-state index contributed by atoms with van der Waals surface area (Å²) in [6.45, 7) is 5.44. The number of aromatic nitrogens is 3. The van der Waals surface area contributed by atoms with E-state index < -0.39 is 0 Å². The molecule has 7 heteroatoms. The molecule has 0 aromatic carbocycles. The first kappa shape index (κ1) is 13.7. The Hall–Kier alpha value is -1.76. The molecule has 0 fully saturated rings. The first-order valence-electron chi connectivity index (χ1n) is 5.72. The second kappa shape index (κ2) is 5.48. The normalized spacial score (nSPS) is 10.7. The highest BCUT2D eigenvalue weighted by Gasteiger charge is 2.19. The Morgan fingerprint density at radius 1 is 1.37 bits per heavy atom. The fraction of sp³-hybridized carbons (Fsp3) is 0.417. The molecule has 0 radical (unpaired) electrons. The van der Waals surface area contributed by atoms with Crippen molar-refractivity contribution >= 4 is 11.8 Å². The summed E-state index contributed by atoms with van der Waals surface area (Å²) in [5, 5.41) is 20.0. The zero-order chi connectivity index (χ0) is 14.0. The Bertz CT molecular complexity index is 598. The van der Waals surface area contributed by atoms with E-state index in [0.717, 1.165) is 21.6 Å². The molecule has 0 bridgehead atoms. The van der Waals surface area contributed by atoms with Gasteiger partial charge in [-0.1, -0.05) is 11.8 Å². The standard InChI is InChI=1S/C12H15N3O3S/c1-7-5-15(16)10(8(2)11(7)17-4)6-19-12-14-13-9(3)18-12/h5H,6H2,1-4H3. The molecule has 19 heavy (non-hydrogen) atoms. The SMILES string of the molecule is COc1c(C)c[n+]([O-])c(CSc2nnc(C)o2)c1C. The van der Waals surface area contributed by atoms with Gasteiger partial charge in [0.05, 0.1) is 24.0 Å². The Balaban J connectivity index is 2.24. The molecule has 6 nitrogen and oxygen atoms in total. The average Bonchev–Trinajstić information content (AvgIpc) is 2.75. The van der Waals surface area contributed by atoms with Crippen molar-refractivity contribution in [2.24, 2.45) is 0 Å². The minimum absolute atomic E-state index is 0.452. The van der Waals surface area contributed by atoms with E-state index in [2.05, 4.69) is 10.2 Å². The predicted octanol–water partition coefficient (Wildman–Crippen LogP) is 1.93. The lowest BCUT2D eigenvalue weighted by molar-refractivity contribution is -0.613. The van der Waals surface area contributed by atoms with Crippen molar-refractivity contribution in [1.29, 1.82) is 0 Å². The van der Waals surface area contributed by atoms with Crippen LogP contribution in [0.1, 0.15) is 22.7 Å². The van der Waals surface area contributed by atoms with Crippen molar-refractivity contribution in [2.45, 2.75) is 31.7 Å². The highest BCUT2D eigenvalue weighted by Crippen LogP contribution is 2.27. The lowest BCUT2D eigenvalue weighted by atomic mass is 10.1. The van der Waals surface area contributed by atoms with Gasteiger partial charge in [0.1, 0.15) is 5.75 Å². The third-order valence-corrected chi connectivity index (χ3v) is 3.58. The molecule has 0 saturated heterocycles. The van der Waals surface area contributed by atoms with Gasteiger partial charge in [0, 0.05) is 6.92 Å². The van der Waals surface area contributed by atoms with E-state index in [4.69, 9.17) is 9.15 Å². The zero-order valence-electron chi connectivity index (χ0n) is 11.3. The van der Waals surface area contributed by atoms with Gasteiger partial charge in [0.2, 0.25) is 11.6 Å². The van der Waals surface area contributed by atoms with Crippen LogP contribution in [0, 0.1) is 26.0 Å². The molecular weight excluding hydrogens is 266 g/mol. The molecule has 102 valence electrons. The smallest absolute Gasteiger partial charge is 0.277 e. The number of thioether (sulfide) groups is 1. The van der Waals surface area contributed by atoms with E-state index in [1.54, 1.807) is 14.0 Å². The molecule has 0 atom stereocenters. The quantitative estimate of drug-likeness (QED) is 0.484. The molecule has 0 aliphatic rings. The minimum Gasteiger partial charge on any atom is -0.618 e. The average molecular weight is 281 g/mol. The molecule has 2 heterocycles. The van der Waals surface area contributed by atoms with Gasteiger partial charge in [0.25, 0.3) is 5.22 Å². The van der Waals surface area contributed by atoms with Crippen molar-refractivity contribution in [1.82, 2.24) is 10.2 Å². The molecule has 0 spiro atoms. The van der Waals surface area contributed by atoms with E-state index in [1.807, 2.05) is 13.8 Å². The Morgan fingerprint density at radius 3 is 2.68 bits per heavy atom. The summed E-state index contributed by atoms with van der Waals surface area (Å²) >= 11 is 1.33. The van der Waals surface area contributed by atoms with Crippen LogP contribution in [-0.4, -0.2) is 17.3 Å². The van der Waals surface area contributed by atoms with E-state index in [0.29, 0.717) is 22.6 Å². The Labute approximate surface area is 115 Å². The molecule has 2 aromatic rings. The molecule has 0 aliphatic carbocycles. The molecule has 2 aromatic heterocycles. The molecule has 0 N–H and O–H groups in total. The van der Waals surface area contributed by atoms with Crippen molar-refractivity contribution in [3.63, 3.8) is 0 Å². The molecule has 2 rings (SSSR count). The van der Waals surface area contributed by atoms with E-state index in [1.165, 1.54) is 18.0 Å². The maximum Gasteiger partial charge on any atom is 0.277 e. The van der Waals surface area contributed by atoms with Gasteiger partial charge in [-0.3, -0.25) is 0 Å². The Morgan fingerprint density at radius 2 is 2.11 bits per heavy atom. The highest BCUT2D eigenvalue weighted by molar-refractivity contribution is 7.98. The van der Waals surface area contributed by atoms with E-state index >= 15 is 0 Å². The highest BCUT2D eigenvalue weighted by atomic mass is 32.2. The molecular formula is C12H15N3O3S. The van der Waals surface area contributed by atoms with Gasteiger partial charge in [-0.25, -0.2) is 0 Å². The Kier molecular flexibility index (Phi) is 3.94. The third-order valence-electron chi connectivity index (χ3n) is 2.75. The summed E-state index contributed by atoms with van der Waals surface area (Å²) < 4.78 is 11.4. The number of hydrogen-bond acceptors (Lipinski definition) is 6. The molecule has 0 amide bonds. The number of aryl methyl sites for hydroxylation is 2. The van der Waals surface area contributed by atoms with E-state index in [-0.39, 0.29) is 0 Å². The minimum atomic E-state index is 0.452. The van der Waals surface area contributed by atoms with Crippen LogP contribution in [0.15, 0.2) is 15.8 Å². The second-order valence-corrected chi connectivity index (χ2v) is 5.05. The summed E-state index contributed by atoms with van der Waals surface area (Å²) in [6.07, 6.45) is 1.51. The number of methoxy groups -OCH3 is 1. The second-order valence-electron chi connectivity index (χ2n) is 4.12. The summed E-state index contributed by atoms with van der Waals surface area (Å²) in [4.78, 5) is 0. The fourth-order valence-corrected chi connectivity index (χ4v) is 2.74. The van der Waals surface area contributed by atoms with Gasteiger partial charge < -0.3 is 14.4 Å². The summed E-state index contributed by atoms with van der Waals surface area (Å²) in [5.41, 5.74) is 2.28. The number of nitrogens with zero attached hydrogens (tertiary/aromatic N) is 3. The zero-order valence-corrected chi connectivity index (χ0v) is 12.1. The van der Waals surface area contributed by atoms with Crippen LogP contribution >= 0.6 is 11.8 Å². The lowest BCUT2D eigenvalue weighted by Crippen LogP contribution is -2.33. The lowest BCUT2D eigenvalue weighted by Gasteiger charge is -2.12. The number of hydrogen-bond donors (Lipinski definition) is 0. The van der Waals surface area contributed by atoms with Crippen molar-refractivity contribution in [2.75, 3.05) is 7.11 Å². The van der Waals surface area contributed by atoms with E-state index in [9.17, 15) is 5.21 Å². The third kappa shape index (κ3) is 2.81. The summed E-state index contributed by atoms with van der Waals surface area (Å²) in [6, 6.07) is 0. The predicted molar refractivity (Wildman–Crippen MR) is 70.0 cm³/mol. The summed E-state index contributed by atoms with van der Waals surface area (Å²) in [7, 11) is 1.60. The van der Waals surface area contributed by atoms with Gasteiger partial charge in [-0.05, 0) is 13.8 Å². The summed E-state index contributed by atoms with van der Waals surface area (Å²) in [5.74, 6) is 1.70. The topological polar surface area (TPSA) is 75.1 Å². The first-order chi connectivity index (χ1) is 9.02. The van der Waals surface area contributed by atoms with Gasteiger partial charge in [-0.2, -0.15) is 4.73 Å². The molecule has 0 unspecified atom stereocenters. The van der Waals surface area contributed by atoms with Gasteiger partial charge in [-0.15, -0.1) is 10.2 Å². The molecule has 0 aliphatic heterocycles. The van der Waals surface area contributed by atoms with Gasteiger partial charge >= 0.3 is 0 Å². The maximum atomic E-state index is 11.9. The monoisotopic (exact) mass is 281 g/mol. The van der Waals surface area contributed by atoms with Crippen molar-refractivity contribution in [3.8, 4) is 5.75 Å². The number of ether oxygens (including phenoxy) is 1. The number of pyridine rings is 1. The van der Waals surface area contributed by atoms with Crippen LogP contribution in [-0.2, 0) is 5.75 Å². The van der Waals surface area contributed by atoms with Crippen LogP contribution in [0.25, 0.3) is 0 Å². The van der Waals surface area contributed by atoms with Crippen molar-refractivity contribution < 1.29 is 13.9 Å². The van der Waals surface area contributed by atoms with Gasteiger partial charge in [0.15, 0.2) is 6.20 Å². The number of rotatable bonds is 4. The first-order valence-corrected chi connectivity index (χ1v) is 6.70. The maximum absolute atomic E-state index is 11.9. The largest absolute Gasteiger partial charge is 0.618 e. The van der Waals surface area contributed by atoms with Crippen LogP contribution in [0.2, 0.25) is 0 Å². The van der Waals surface area contributed by atoms with Crippen LogP contribution < -0.4 is 9.47 Å². The molecule has 0 saturated carbocycles. The van der Waals surface area contributed by atoms with Crippen LogP contribution in [0.5, 0.6) is 5.75 Å².